The van der Waals surface area contributed by atoms with Gasteiger partial charge in [-0.15, -0.1) is 0 Å². The van der Waals surface area contributed by atoms with Crippen molar-refractivity contribution in [3.8, 4) is 28.6 Å². The molecule has 2 N–H and O–H groups in total. The zero-order chi connectivity index (χ0) is 20.7. The molecule has 0 atom stereocenters. The van der Waals surface area contributed by atoms with E-state index in [2.05, 4.69) is 0 Å². The number of carbonyl (C=O) groups is 1. The van der Waals surface area contributed by atoms with Gasteiger partial charge >= 0.3 is 5.97 Å². The highest BCUT2D eigenvalue weighted by Crippen LogP contribution is 2.41. The summed E-state index contributed by atoms with van der Waals surface area (Å²) in [4.78, 5) is 23.2. The maximum atomic E-state index is 12.1. The van der Waals surface area contributed by atoms with Crippen molar-refractivity contribution in [2.45, 2.75) is 6.42 Å². The number of hydrogen-bond donors (Lipinski definition) is 2. The fourth-order valence-corrected chi connectivity index (χ4v) is 3.24. The summed E-state index contributed by atoms with van der Waals surface area (Å²) in [7, 11) is 2.82. The first-order valence-corrected chi connectivity index (χ1v) is 8.57. The molecule has 0 radical (unpaired) electrons. The molecule has 0 aliphatic rings. The van der Waals surface area contributed by atoms with Gasteiger partial charge in [-0.2, -0.15) is 0 Å². The minimum absolute atomic E-state index is 0.151. The average molecular weight is 396 g/mol. The second kappa shape index (κ2) is 6.90. The maximum absolute atomic E-state index is 12.1. The van der Waals surface area contributed by atoms with Crippen LogP contribution in [-0.2, 0) is 11.2 Å². The zero-order valence-corrected chi connectivity index (χ0v) is 15.5. The lowest BCUT2D eigenvalue weighted by Gasteiger charge is -2.13. The first-order valence-electron chi connectivity index (χ1n) is 8.57. The van der Waals surface area contributed by atoms with Crippen molar-refractivity contribution in [1.82, 2.24) is 0 Å². The highest BCUT2D eigenvalue weighted by Gasteiger charge is 2.17. The molecule has 29 heavy (non-hydrogen) atoms. The molecule has 0 aliphatic carbocycles. The summed E-state index contributed by atoms with van der Waals surface area (Å²) >= 11 is 0. The number of aromatic hydroxyl groups is 1. The Hall–Kier alpha value is -3.94. The van der Waals surface area contributed by atoms with Crippen LogP contribution < -0.4 is 14.9 Å². The van der Waals surface area contributed by atoms with Gasteiger partial charge in [-0.25, -0.2) is 0 Å². The number of aliphatic carboxylic acids is 1. The van der Waals surface area contributed by atoms with Crippen molar-refractivity contribution in [2.24, 2.45) is 0 Å². The van der Waals surface area contributed by atoms with Crippen molar-refractivity contribution in [3.05, 3.63) is 52.4 Å². The third kappa shape index (κ3) is 3.25. The van der Waals surface area contributed by atoms with Crippen LogP contribution in [0.4, 0.5) is 0 Å². The second-order valence-electron chi connectivity index (χ2n) is 6.37. The van der Waals surface area contributed by atoms with Gasteiger partial charge in [0, 0.05) is 17.7 Å². The topological polar surface area (TPSA) is 119 Å². The molecule has 2 aromatic heterocycles. The van der Waals surface area contributed by atoms with Crippen molar-refractivity contribution in [1.29, 1.82) is 0 Å². The average Bonchev–Trinajstić information content (AvgIpc) is 2.66. The molecule has 0 spiro atoms. The lowest BCUT2D eigenvalue weighted by Crippen LogP contribution is -2.02. The largest absolute Gasteiger partial charge is 0.502 e. The van der Waals surface area contributed by atoms with Crippen molar-refractivity contribution < 1.29 is 33.3 Å². The summed E-state index contributed by atoms with van der Waals surface area (Å²) in [5.74, 6) is -0.257. The highest BCUT2D eigenvalue weighted by molar-refractivity contribution is 6.06. The number of carboxylic acids is 1. The summed E-state index contributed by atoms with van der Waals surface area (Å²) in [5.41, 5.74) is 0.734. The Labute approximate surface area is 163 Å². The van der Waals surface area contributed by atoms with Crippen LogP contribution in [-0.4, -0.2) is 30.4 Å². The Kier molecular flexibility index (Phi) is 4.38. The summed E-state index contributed by atoms with van der Waals surface area (Å²) in [6.07, 6.45) is -0.327. The molecule has 8 nitrogen and oxygen atoms in total. The van der Waals surface area contributed by atoms with Gasteiger partial charge in [-0.1, -0.05) is 0 Å². The second-order valence-corrected chi connectivity index (χ2v) is 6.37. The number of methoxy groups -OCH3 is 2. The van der Waals surface area contributed by atoms with E-state index in [0.717, 1.165) is 0 Å². The Morgan fingerprint density at radius 3 is 2.17 bits per heavy atom. The number of carboxylic acid groups (broad SMARTS) is 1. The molecule has 0 unspecified atom stereocenters. The van der Waals surface area contributed by atoms with Gasteiger partial charge in [-0.05, 0) is 29.7 Å². The zero-order valence-electron chi connectivity index (χ0n) is 15.5. The number of phenolic OH excluding ortho intramolecular Hbond substituents is 1. The Morgan fingerprint density at radius 1 is 0.966 bits per heavy atom. The molecule has 0 aliphatic heterocycles. The molecule has 2 aromatic carbocycles. The van der Waals surface area contributed by atoms with Crippen LogP contribution in [0, 0.1) is 0 Å². The van der Waals surface area contributed by atoms with Gasteiger partial charge in [0.15, 0.2) is 16.9 Å². The number of benzene rings is 2. The van der Waals surface area contributed by atoms with Crippen LogP contribution in [0.2, 0.25) is 0 Å². The number of rotatable bonds is 5. The van der Waals surface area contributed by atoms with Crippen LogP contribution in [0.1, 0.15) is 5.76 Å². The first-order chi connectivity index (χ1) is 13.9. The molecule has 4 rings (SSSR count). The highest BCUT2D eigenvalue weighted by atomic mass is 16.5. The van der Waals surface area contributed by atoms with E-state index in [1.807, 2.05) is 0 Å². The van der Waals surface area contributed by atoms with E-state index < -0.39 is 5.97 Å². The Morgan fingerprint density at radius 2 is 1.59 bits per heavy atom. The van der Waals surface area contributed by atoms with Gasteiger partial charge in [0.1, 0.15) is 29.1 Å². The van der Waals surface area contributed by atoms with Gasteiger partial charge in [-0.3, -0.25) is 9.59 Å². The molecule has 148 valence electrons. The quantitative estimate of drug-likeness (QED) is 0.526. The summed E-state index contributed by atoms with van der Waals surface area (Å²) < 4.78 is 21.9. The van der Waals surface area contributed by atoms with E-state index in [9.17, 15) is 14.7 Å². The molecule has 2 heterocycles. The molecular formula is C21H16O8. The van der Waals surface area contributed by atoms with Gasteiger partial charge in [0.25, 0.3) is 0 Å². The van der Waals surface area contributed by atoms with Crippen LogP contribution in [0.15, 0.2) is 50.0 Å². The molecule has 0 saturated carbocycles. The van der Waals surface area contributed by atoms with E-state index >= 15 is 0 Å². The fraction of sp³-hybridized carbons (Fsp3) is 0.143. The van der Waals surface area contributed by atoms with Crippen LogP contribution in [0.5, 0.6) is 17.2 Å². The number of hydrogen-bond acceptors (Lipinski definition) is 7. The molecule has 8 heteroatoms. The number of ether oxygens (including phenoxy) is 2. The van der Waals surface area contributed by atoms with E-state index in [1.165, 1.54) is 26.4 Å². The predicted octanol–water partition coefficient (Wildman–Crippen LogP) is 3.56. The summed E-state index contributed by atoms with van der Waals surface area (Å²) in [6, 6.07) is 9.06. The molecule has 0 amide bonds. The summed E-state index contributed by atoms with van der Waals surface area (Å²) in [5, 5.41) is 20.4. The van der Waals surface area contributed by atoms with Gasteiger partial charge < -0.3 is 28.5 Å². The smallest absolute Gasteiger partial charge is 0.311 e. The van der Waals surface area contributed by atoms with Crippen LogP contribution in [0.3, 0.4) is 0 Å². The SMILES string of the molecule is COc1cc(-c2cc3cc(CC(=O)O)oc4cc(=O)cc(o2)c34)cc(OC)c1O. The van der Waals surface area contributed by atoms with E-state index in [-0.39, 0.29) is 46.0 Å². The Bertz CT molecular complexity index is 1290. The maximum Gasteiger partial charge on any atom is 0.311 e. The van der Waals surface area contributed by atoms with E-state index in [0.29, 0.717) is 22.1 Å². The third-order valence-corrected chi connectivity index (χ3v) is 4.48. The van der Waals surface area contributed by atoms with Gasteiger partial charge in [0.2, 0.25) is 5.75 Å². The molecule has 0 fully saturated rings. The molecule has 4 aromatic rings. The standard InChI is InChI=1S/C21H16O8/c1-26-17-4-10(5-18(27-2)21(17)25)14-6-11-3-13(9-19(23)24)28-15-7-12(22)8-16(29-14)20(11)15/h3-8,25H,9H2,1-2H3,(H,23,24). The normalized spacial score (nSPS) is 11.1. The van der Waals surface area contributed by atoms with E-state index in [1.54, 1.807) is 24.3 Å². The van der Waals surface area contributed by atoms with E-state index in [4.69, 9.17) is 23.4 Å². The fourth-order valence-electron chi connectivity index (χ4n) is 3.24. The minimum Gasteiger partial charge on any atom is -0.502 e. The summed E-state index contributed by atoms with van der Waals surface area (Å²) in [6.45, 7) is 0. The predicted molar refractivity (Wildman–Crippen MR) is 104 cm³/mol. The van der Waals surface area contributed by atoms with Gasteiger partial charge in [0.05, 0.1) is 19.6 Å². The Balaban J connectivity index is 2.02. The lowest BCUT2D eigenvalue weighted by atomic mass is 10.1. The lowest BCUT2D eigenvalue weighted by molar-refractivity contribution is -0.136. The van der Waals surface area contributed by atoms with Crippen molar-refractivity contribution in [2.75, 3.05) is 14.2 Å². The molecule has 0 saturated heterocycles. The minimum atomic E-state index is -1.05. The molecule has 0 bridgehead atoms. The monoisotopic (exact) mass is 396 g/mol. The van der Waals surface area contributed by atoms with Crippen molar-refractivity contribution >= 4 is 27.9 Å². The first kappa shape index (κ1) is 18.4. The van der Waals surface area contributed by atoms with Crippen molar-refractivity contribution in [3.63, 3.8) is 0 Å². The number of phenols is 1. The van der Waals surface area contributed by atoms with Crippen LogP contribution >= 0.6 is 0 Å². The third-order valence-electron chi connectivity index (χ3n) is 4.48. The van der Waals surface area contributed by atoms with Crippen LogP contribution in [0.25, 0.3) is 33.3 Å². The molecular weight excluding hydrogens is 380 g/mol.